The molecule has 0 spiro atoms. The number of sulfonamides is 1. The molecule has 0 radical (unpaired) electrons. The van der Waals surface area contributed by atoms with Crippen LogP contribution < -0.4 is 9.62 Å². The van der Waals surface area contributed by atoms with Gasteiger partial charge in [-0.15, -0.1) is 0 Å². The molecular formula is C25H29Cl3F3N3O4S. The molecule has 0 aliphatic carbocycles. The van der Waals surface area contributed by atoms with Crippen LogP contribution in [0.5, 0.6) is 0 Å². The van der Waals surface area contributed by atoms with Gasteiger partial charge in [-0.2, -0.15) is 13.2 Å². The Bertz CT molecular complexity index is 1310. The molecule has 0 bridgehead atoms. The van der Waals surface area contributed by atoms with Crippen LogP contribution in [-0.2, 0) is 32.3 Å². The molecule has 0 saturated heterocycles. The molecule has 2 atom stereocenters. The number of alkyl halides is 3. The molecule has 1 N–H and O–H groups in total. The van der Waals surface area contributed by atoms with Crippen LogP contribution in [-0.4, -0.2) is 50.0 Å². The molecule has 2 rings (SSSR count). The Balaban J connectivity index is 2.55. The standard InChI is InChI=1S/C25H29Cl3F3N3O4S/c1-5-15(3)32-24(36)22(6-2)33(13-16-7-9-20(27)21(28)11-16)23(35)14-34(39(4,37)38)17-8-10-19(26)18(12-17)25(29,30)31/h7-12,15,22H,5-6,13-14H2,1-4H3,(H,32,36)/t15-,22-/m1/s1. The molecule has 0 saturated carbocycles. The molecular weight excluding hydrogens is 602 g/mol. The van der Waals surface area contributed by atoms with Crippen molar-refractivity contribution >= 4 is 62.3 Å². The lowest BCUT2D eigenvalue weighted by molar-refractivity contribution is -0.140. The summed E-state index contributed by atoms with van der Waals surface area (Å²) in [7, 11) is -4.25. The first-order valence-electron chi connectivity index (χ1n) is 11.9. The maximum absolute atomic E-state index is 13.7. The van der Waals surface area contributed by atoms with Crippen molar-refractivity contribution in [1.82, 2.24) is 10.2 Å². The fraction of sp³-hybridized carbons (Fsp3) is 0.440. The SMILES string of the molecule is CC[C@@H](C)NC(=O)[C@@H](CC)N(Cc1ccc(Cl)c(Cl)c1)C(=O)CN(c1ccc(Cl)c(C(F)(F)F)c1)S(C)(=O)=O. The highest BCUT2D eigenvalue weighted by molar-refractivity contribution is 7.92. The maximum Gasteiger partial charge on any atom is 0.417 e. The van der Waals surface area contributed by atoms with Crippen molar-refractivity contribution in [2.45, 2.75) is 58.4 Å². The zero-order valence-electron chi connectivity index (χ0n) is 21.7. The van der Waals surface area contributed by atoms with Gasteiger partial charge < -0.3 is 10.2 Å². The summed E-state index contributed by atoms with van der Waals surface area (Å²) >= 11 is 17.8. The van der Waals surface area contributed by atoms with Crippen LogP contribution >= 0.6 is 34.8 Å². The molecule has 14 heteroatoms. The third kappa shape index (κ3) is 8.89. The van der Waals surface area contributed by atoms with Crippen molar-refractivity contribution in [1.29, 1.82) is 0 Å². The molecule has 216 valence electrons. The number of carbonyl (C=O) groups excluding carboxylic acids is 2. The van der Waals surface area contributed by atoms with Crippen molar-refractivity contribution in [3.63, 3.8) is 0 Å². The number of nitrogens with one attached hydrogen (secondary N) is 1. The van der Waals surface area contributed by atoms with Crippen LogP contribution in [0.4, 0.5) is 18.9 Å². The normalized spacial score (nSPS) is 13.5. The summed E-state index contributed by atoms with van der Waals surface area (Å²) in [6, 6.07) is 5.94. The van der Waals surface area contributed by atoms with E-state index in [4.69, 9.17) is 34.8 Å². The quantitative estimate of drug-likeness (QED) is 0.323. The third-order valence-electron chi connectivity index (χ3n) is 5.95. The highest BCUT2D eigenvalue weighted by Gasteiger charge is 2.36. The van der Waals surface area contributed by atoms with E-state index < -0.39 is 56.9 Å². The summed E-state index contributed by atoms with van der Waals surface area (Å²) in [4.78, 5) is 28.0. The lowest BCUT2D eigenvalue weighted by atomic mass is 10.1. The van der Waals surface area contributed by atoms with Crippen LogP contribution in [0.25, 0.3) is 0 Å². The molecule has 7 nitrogen and oxygen atoms in total. The van der Waals surface area contributed by atoms with Gasteiger partial charge in [-0.05, 0) is 55.7 Å². The second-order valence-electron chi connectivity index (χ2n) is 8.94. The molecule has 2 aromatic rings. The zero-order valence-corrected chi connectivity index (χ0v) is 24.7. The highest BCUT2D eigenvalue weighted by Crippen LogP contribution is 2.37. The Morgan fingerprint density at radius 2 is 1.59 bits per heavy atom. The molecule has 0 unspecified atom stereocenters. The van der Waals surface area contributed by atoms with Crippen molar-refractivity contribution < 1.29 is 31.2 Å². The number of nitrogens with zero attached hydrogens (tertiary/aromatic N) is 2. The van der Waals surface area contributed by atoms with E-state index in [9.17, 15) is 31.2 Å². The lowest BCUT2D eigenvalue weighted by Gasteiger charge is -2.33. The molecule has 0 aliphatic heterocycles. The molecule has 0 aromatic heterocycles. The lowest BCUT2D eigenvalue weighted by Crippen LogP contribution is -2.53. The molecule has 0 heterocycles. The van der Waals surface area contributed by atoms with E-state index in [2.05, 4.69) is 5.32 Å². The monoisotopic (exact) mass is 629 g/mol. The molecule has 0 aliphatic rings. The first-order valence-corrected chi connectivity index (χ1v) is 14.9. The summed E-state index contributed by atoms with van der Waals surface area (Å²) in [6.07, 6.45) is -3.30. The van der Waals surface area contributed by atoms with Gasteiger partial charge in [-0.25, -0.2) is 8.42 Å². The predicted octanol–water partition coefficient (Wildman–Crippen LogP) is 6.15. The number of amides is 2. The Morgan fingerprint density at radius 1 is 0.974 bits per heavy atom. The van der Waals surface area contributed by atoms with Gasteiger partial charge >= 0.3 is 6.18 Å². The van der Waals surface area contributed by atoms with Gasteiger partial charge in [0.1, 0.15) is 12.6 Å². The van der Waals surface area contributed by atoms with Crippen molar-refractivity contribution in [2.75, 3.05) is 17.1 Å². The van der Waals surface area contributed by atoms with Crippen molar-refractivity contribution in [2.24, 2.45) is 0 Å². The second kappa shape index (κ2) is 13.4. The minimum absolute atomic E-state index is 0.145. The van der Waals surface area contributed by atoms with Gasteiger partial charge in [0.25, 0.3) is 0 Å². The van der Waals surface area contributed by atoms with E-state index in [1.807, 2.05) is 6.92 Å². The van der Waals surface area contributed by atoms with E-state index in [0.717, 1.165) is 18.4 Å². The number of rotatable bonds is 11. The van der Waals surface area contributed by atoms with E-state index in [-0.39, 0.29) is 29.1 Å². The van der Waals surface area contributed by atoms with E-state index >= 15 is 0 Å². The second-order valence-corrected chi connectivity index (χ2v) is 12.1. The van der Waals surface area contributed by atoms with E-state index in [1.165, 1.54) is 17.0 Å². The Hall–Kier alpha value is -2.21. The largest absolute Gasteiger partial charge is 0.417 e. The van der Waals surface area contributed by atoms with Crippen LogP contribution in [0.2, 0.25) is 15.1 Å². The van der Waals surface area contributed by atoms with Crippen LogP contribution in [0.3, 0.4) is 0 Å². The number of carbonyl (C=O) groups is 2. The van der Waals surface area contributed by atoms with Gasteiger partial charge in [0.05, 0.1) is 32.6 Å². The minimum atomic E-state index is -4.86. The number of halogens is 6. The molecule has 0 fully saturated rings. The van der Waals surface area contributed by atoms with Crippen LogP contribution in [0, 0.1) is 0 Å². The first kappa shape index (κ1) is 33.0. The fourth-order valence-corrected chi connectivity index (χ4v) is 5.08. The van der Waals surface area contributed by atoms with E-state index in [1.54, 1.807) is 19.9 Å². The summed E-state index contributed by atoms with van der Waals surface area (Å²) in [5, 5.41) is 2.67. The third-order valence-corrected chi connectivity index (χ3v) is 8.16. The van der Waals surface area contributed by atoms with Gasteiger partial charge in [-0.3, -0.25) is 13.9 Å². The number of hydrogen-bond acceptors (Lipinski definition) is 4. The number of benzene rings is 2. The van der Waals surface area contributed by atoms with Gasteiger partial charge in [-0.1, -0.05) is 54.7 Å². The van der Waals surface area contributed by atoms with Gasteiger partial charge in [0.15, 0.2) is 0 Å². The van der Waals surface area contributed by atoms with Gasteiger partial charge in [0.2, 0.25) is 21.8 Å². The summed E-state index contributed by atoms with van der Waals surface area (Å²) in [5.41, 5.74) is -1.16. The Kier molecular flexibility index (Phi) is 11.4. The molecule has 2 aromatic carbocycles. The molecule has 39 heavy (non-hydrogen) atoms. The first-order chi connectivity index (χ1) is 18.0. The van der Waals surface area contributed by atoms with Crippen molar-refractivity contribution in [3.05, 3.63) is 62.6 Å². The zero-order chi connectivity index (χ0) is 29.7. The fourth-order valence-electron chi connectivity index (χ4n) is 3.69. The summed E-state index contributed by atoms with van der Waals surface area (Å²) in [6.45, 7) is 4.33. The average molecular weight is 631 g/mol. The summed E-state index contributed by atoms with van der Waals surface area (Å²) < 4.78 is 66.3. The Labute approximate surface area is 241 Å². The Morgan fingerprint density at radius 3 is 2.10 bits per heavy atom. The van der Waals surface area contributed by atoms with Crippen molar-refractivity contribution in [3.8, 4) is 0 Å². The number of hydrogen-bond donors (Lipinski definition) is 1. The maximum atomic E-state index is 13.7. The molecule has 2 amide bonds. The van der Waals surface area contributed by atoms with Crippen LogP contribution in [0.1, 0.15) is 44.7 Å². The van der Waals surface area contributed by atoms with Gasteiger partial charge in [0, 0.05) is 12.6 Å². The smallest absolute Gasteiger partial charge is 0.352 e. The summed E-state index contributed by atoms with van der Waals surface area (Å²) in [5.74, 6) is -1.28. The average Bonchev–Trinajstić information content (AvgIpc) is 2.83. The number of anilines is 1. The minimum Gasteiger partial charge on any atom is -0.352 e. The predicted molar refractivity (Wildman–Crippen MR) is 148 cm³/mol. The topological polar surface area (TPSA) is 86.8 Å². The highest BCUT2D eigenvalue weighted by atomic mass is 35.5. The van der Waals surface area contributed by atoms with E-state index in [0.29, 0.717) is 22.4 Å². The van der Waals surface area contributed by atoms with Crippen LogP contribution in [0.15, 0.2) is 36.4 Å².